The Morgan fingerprint density at radius 3 is 2.66 bits per heavy atom. The van der Waals surface area contributed by atoms with Crippen molar-refractivity contribution in [1.82, 2.24) is 10.2 Å². The van der Waals surface area contributed by atoms with Crippen LogP contribution in [0.3, 0.4) is 0 Å². The van der Waals surface area contributed by atoms with E-state index in [4.69, 9.17) is 32.7 Å². The van der Waals surface area contributed by atoms with E-state index >= 15 is 0 Å². The minimum absolute atomic E-state index is 0.0683. The molecule has 2 aliphatic rings. The van der Waals surface area contributed by atoms with Gasteiger partial charge in [-0.1, -0.05) is 47.5 Å². The molecule has 3 N–H and O–H groups in total. The number of aliphatic hydroxyl groups excluding tert-OH is 2. The van der Waals surface area contributed by atoms with Gasteiger partial charge in [-0.2, -0.15) is 0 Å². The lowest BCUT2D eigenvalue weighted by molar-refractivity contribution is -0.141. The minimum Gasteiger partial charge on any atom is -0.486 e. The van der Waals surface area contributed by atoms with Crippen molar-refractivity contribution in [1.29, 1.82) is 0 Å². The third-order valence-corrected chi connectivity index (χ3v) is 6.90. The van der Waals surface area contributed by atoms with E-state index in [1.807, 2.05) is 18.2 Å². The van der Waals surface area contributed by atoms with Crippen LogP contribution in [0.15, 0.2) is 54.1 Å². The van der Waals surface area contributed by atoms with Gasteiger partial charge in [0.15, 0.2) is 0 Å². The fourth-order valence-corrected chi connectivity index (χ4v) is 4.91. The molecule has 2 amide bonds. The highest BCUT2D eigenvalue weighted by Gasteiger charge is 2.50. The highest BCUT2D eigenvalue weighted by atomic mass is 35.5. The number of benzene rings is 2. The summed E-state index contributed by atoms with van der Waals surface area (Å²) in [5.74, 6) is -0.745. The number of rotatable bonds is 8. The number of fused-ring (bicyclic) bond motifs is 3. The van der Waals surface area contributed by atoms with Crippen LogP contribution in [0, 0.1) is 0 Å². The topological polar surface area (TPSA) is 108 Å². The van der Waals surface area contributed by atoms with E-state index in [0.29, 0.717) is 26.9 Å². The lowest BCUT2D eigenvalue weighted by Crippen LogP contribution is -2.56. The van der Waals surface area contributed by atoms with Crippen LogP contribution in [-0.4, -0.2) is 72.0 Å². The number of para-hydroxylation sites is 1. The van der Waals surface area contributed by atoms with Gasteiger partial charge in [0, 0.05) is 31.3 Å². The van der Waals surface area contributed by atoms with Gasteiger partial charge < -0.3 is 29.9 Å². The Labute approximate surface area is 213 Å². The molecule has 186 valence electrons. The number of nitrogens with zero attached hydrogens (tertiary/aromatic N) is 1. The molecule has 0 fully saturated rings. The molecule has 0 aromatic heterocycles. The summed E-state index contributed by atoms with van der Waals surface area (Å²) in [6.07, 6.45) is -0.316. The molecule has 1 aliphatic carbocycles. The van der Waals surface area contributed by atoms with Gasteiger partial charge in [-0.25, -0.2) is 0 Å². The molecule has 2 aromatic carbocycles. The molecule has 2 aromatic rings. The van der Waals surface area contributed by atoms with Crippen molar-refractivity contribution in [3.05, 3.63) is 75.3 Å². The molecule has 4 atom stereocenters. The van der Waals surface area contributed by atoms with Crippen LogP contribution in [0.1, 0.15) is 17.0 Å². The highest BCUT2D eigenvalue weighted by molar-refractivity contribution is 6.42. The van der Waals surface area contributed by atoms with E-state index in [1.54, 1.807) is 30.3 Å². The SMILES string of the molecule is COCC(=O)N(Cc1ccc(Cl)c(Cl)c1)C1C=C(C(=O)NCCO)C2c3ccccc3OC2C1O. The van der Waals surface area contributed by atoms with Gasteiger partial charge in [-0.3, -0.25) is 9.59 Å². The quantitative estimate of drug-likeness (QED) is 0.492. The number of carbonyl (C=O) groups excluding carboxylic acids is 2. The molecule has 0 radical (unpaired) electrons. The molecule has 8 nitrogen and oxygen atoms in total. The Bertz CT molecular complexity index is 1140. The summed E-state index contributed by atoms with van der Waals surface area (Å²) >= 11 is 12.2. The summed E-state index contributed by atoms with van der Waals surface area (Å²) in [5.41, 5.74) is 1.82. The number of hydrogen-bond acceptors (Lipinski definition) is 6. The zero-order chi connectivity index (χ0) is 25.1. The maximum Gasteiger partial charge on any atom is 0.249 e. The van der Waals surface area contributed by atoms with Crippen LogP contribution in [0.4, 0.5) is 0 Å². The Hall–Kier alpha value is -2.62. The second kappa shape index (κ2) is 11.0. The predicted octanol–water partition coefficient (Wildman–Crippen LogP) is 2.29. The molecule has 1 aliphatic heterocycles. The number of nitrogens with one attached hydrogen (secondary N) is 1. The first kappa shape index (κ1) is 25.5. The van der Waals surface area contributed by atoms with E-state index in [0.717, 1.165) is 5.56 Å². The summed E-state index contributed by atoms with van der Waals surface area (Å²) in [6.45, 7) is -0.284. The predicted molar refractivity (Wildman–Crippen MR) is 130 cm³/mol. The first-order valence-corrected chi connectivity index (χ1v) is 11.9. The molecule has 0 spiro atoms. The van der Waals surface area contributed by atoms with E-state index in [2.05, 4.69) is 5.32 Å². The van der Waals surface area contributed by atoms with Crippen LogP contribution >= 0.6 is 23.2 Å². The number of amides is 2. The molecule has 4 rings (SSSR count). The second-order valence-corrected chi connectivity index (χ2v) is 9.20. The van der Waals surface area contributed by atoms with Gasteiger partial charge in [-0.05, 0) is 29.8 Å². The molecule has 35 heavy (non-hydrogen) atoms. The van der Waals surface area contributed by atoms with Gasteiger partial charge in [-0.15, -0.1) is 0 Å². The first-order chi connectivity index (χ1) is 16.8. The van der Waals surface area contributed by atoms with Crippen LogP contribution < -0.4 is 10.1 Å². The molecule has 0 saturated heterocycles. The Kier molecular flexibility index (Phi) is 7.98. The van der Waals surface area contributed by atoms with Crippen molar-refractivity contribution >= 4 is 35.0 Å². The maximum absolute atomic E-state index is 13.1. The number of halogens is 2. The number of aliphatic hydroxyl groups is 2. The summed E-state index contributed by atoms with van der Waals surface area (Å²) in [6, 6.07) is 11.4. The smallest absolute Gasteiger partial charge is 0.249 e. The van der Waals surface area contributed by atoms with Gasteiger partial charge in [0.25, 0.3) is 0 Å². The van der Waals surface area contributed by atoms with E-state index in [-0.39, 0.29) is 32.2 Å². The number of methoxy groups -OCH3 is 1. The number of hydrogen-bond donors (Lipinski definition) is 3. The largest absolute Gasteiger partial charge is 0.486 e. The Morgan fingerprint density at radius 1 is 1.17 bits per heavy atom. The third-order valence-electron chi connectivity index (χ3n) is 6.16. The lowest BCUT2D eigenvalue weighted by atomic mass is 9.77. The van der Waals surface area contributed by atoms with Crippen molar-refractivity contribution in [2.45, 2.75) is 30.7 Å². The molecule has 0 bridgehead atoms. The average molecular weight is 521 g/mol. The van der Waals surface area contributed by atoms with Gasteiger partial charge in [0.1, 0.15) is 24.6 Å². The van der Waals surface area contributed by atoms with Crippen LogP contribution in [0.2, 0.25) is 10.0 Å². The molecular formula is C25H26Cl2N2O6. The van der Waals surface area contributed by atoms with Gasteiger partial charge in [0.2, 0.25) is 11.8 Å². The molecule has 10 heteroatoms. The van der Waals surface area contributed by atoms with Crippen molar-refractivity contribution in [3.63, 3.8) is 0 Å². The number of ether oxygens (including phenoxy) is 2. The summed E-state index contributed by atoms with van der Waals surface area (Å²) < 4.78 is 11.2. The summed E-state index contributed by atoms with van der Waals surface area (Å²) in [7, 11) is 1.41. The molecule has 4 unspecified atom stereocenters. The zero-order valence-corrected chi connectivity index (χ0v) is 20.5. The second-order valence-electron chi connectivity index (χ2n) is 8.38. The fourth-order valence-electron chi connectivity index (χ4n) is 4.59. The lowest BCUT2D eigenvalue weighted by Gasteiger charge is -2.40. The molecular weight excluding hydrogens is 495 g/mol. The van der Waals surface area contributed by atoms with Gasteiger partial charge in [0.05, 0.1) is 28.6 Å². The highest BCUT2D eigenvalue weighted by Crippen LogP contribution is 2.47. The number of carbonyl (C=O) groups is 2. The zero-order valence-electron chi connectivity index (χ0n) is 19.0. The van der Waals surface area contributed by atoms with Crippen LogP contribution in [-0.2, 0) is 20.9 Å². The van der Waals surface area contributed by atoms with Crippen molar-refractivity contribution in [3.8, 4) is 5.75 Å². The molecule has 1 heterocycles. The Morgan fingerprint density at radius 2 is 1.94 bits per heavy atom. The monoisotopic (exact) mass is 520 g/mol. The van der Waals surface area contributed by atoms with E-state index in [1.165, 1.54) is 12.0 Å². The van der Waals surface area contributed by atoms with Crippen molar-refractivity contribution < 1.29 is 29.3 Å². The third kappa shape index (κ3) is 5.17. The van der Waals surface area contributed by atoms with E-state index in [9.17, 15) is 19.8 Å². The average Bonchev–Trinajstić information content (AvgIpc) is 3.24. The van der Waals surface area contributed by atoms with Crippen molar-refractivity contribution in [2.75, 3.05) is 26.9 Å². The standard InChI is InChI=1S/C25H26Cl2N2O6/c1-34-13-21(31)29(12-14-6-7-17(26)18(27)10-14)19-11-16(25(33)28-8-9-30)22-15-4-2-3-5-20(15)35-24(22)23(19)32/h2-7,10-11,19,22-24,30,32H,8-9,12-13H2,1H3,(H,28,33). The maximum atomic E-state index is 13.1. The minimum atomic E-state index is -1.13. The van der Waals surface area contributed by atoms with Gasteiger partial charge >= 0.3 is 0 Å². The molecule has 0 saturated carbocycles. The van der Waals surface area contributed by atoms with Crippen LogP contribution in [0.5, 0.6) is 5.75 Å². The summed E-state index contributed by atoms with van der Waals surface area (Å²) in [5, 5.41) is 24.0. The first-order valence-electron chi connectivity index (χ1n) is 11.1. The Balaban J connectivity index is 1.75. The van der Waals surface area contributed by atoms with Crippen LogP contribution in [0.25, 0.3) is 0 Å². The van der Waals surface area contributed by atoms with E-state index < -0.39 is 30.1 Å². The fraction of sp³-hybridized carbons (Fsp3) is 0.360. The normalized spacial score (nSPS) is 22.5. The van der Waals surface area contributed by atoms with Crippen molar-refractivity contribution in [2.24, 2.45) is 0 Å². The summed E-state index contributed by atoms with van der Waals surface area (Å²) in [4.78, 5) is 27.7.